The zero-order chi connectivity index (χ0) is 20.4. The van der Waals surface area contributed by atoms with Crippen LogP contribution in [0.25, 0.3) is 16.7 Å². The Balaban J connectivity index is 1.65. The molecular formula is C22H21N5O2. The van der Waals surface area contributed by atoms with E-state index in [2.05, 4.69) is 15.5 Å². The lowest BCUT2D eigenvalue weighted by Gasteiger charge is -2.16. The number of fused-ring (bicyclic) bond motifs is 1. The van der Waals surface area contributed by atoms with Crippen LogP contribution in [0, 0.1) is 6.92 Å². The average Bonchev–Trinajstić information content (AvgIpc) is 3.17. The third kappa shape index (κ3) is 3.54. The molecule has 2 heterocycles. The molecule has 146 valence electrons. The second kappa shape index (κ2) is 7.71. The van der Waals surface area contributed by atoms with Crippen molar-refractivity contribution in [2.24, 2.45) is 0 Å². The number of rotatable bonds is 5. The van der Waals surface area contributed by atoms with Crippen molar-refractivity contribution >= 4 is 16.9 Å². The summed E-state index contributed by atoms with van der Waals surface area (Å²) in [6.45, 7) is 3.94. The van der Waals surface area contributed by atoms with Gasteiger partial charge >= 0.3 is 0 Å². The molecule has 0 spiro atoms. The summed E-state index contributed by atoms with van der Waals surface area (Å²) in [6.07, 6.45) is 3.42. The van der Waals surface area contributed by atoms with Gasteiger partial charge in [0, 0.05) is 0 Å². The van der Waals surface area contributed by atoms with Gasteiger partial charge in [0.15, 0.2) is 5.65 Å². The van der Waals surface area contributed by atoms with Crippen LogP contribution in [0.15, 0.2) is 71.9 Å². The third-order valence-corrected chi connectivity index (χ3v) is 4.92. The summed E-state index contributed by atoms with van der Waals surface area (Å²) in [6, 6.07) is 17.3. The Hall–Kier alpha value is -3.74. The Labute approximate surface area is 167 Å². The Morgan fingerprint density at radius 2 is 1.83 bits per heavy atom. The molecule has 0 radical (unpaired) electrons. The van der Waals surface area contributed by atoms with Crippen molar-refractivity contribution in [2.75, 3.05) is 5.43 Å². The zero-order valence-corrected chi connectivity index (χ0v) is 16.2. The number of hydrogen-bond donors (Lipinski definition) is 1. The molecule has 4 rings (SSSR count). The van der Waals surface area contributed by atoms with Crippen LogP contribution in [0.5, 0.6) is 0 Å². The molecule has 0 saturated carbocycles. The summed E-state index contributed by atoms with van der Waals surface area (Å²) in [5.74, 6) is -0.609. The van der Waals surface area contributed by atoms with E-state index in [0.717, 1.165) is 21.5 Å². The van der Waals surface area contributed by atoms with E-state index in [1.807, 2.05) is 68.4 Å². The molecule has 0 unspecified atom stereocenters. The minimum Gasteiger partial charge on any atom is -0.273 e. The first-order chi connectivity index (χ1) is 14.1. The number of nitrogens with zero attached hydrogens (tertiary/aromatic N) is 4. The number of aromatic nitrogens is 4. The average molecular weight is 387 g/mol. The maximum atomic E-state index is 12.9. The number of amides is 1. The van der Waals surface area contributed by atoms with E-state index < -0.39 is 0 Å². The fraction of sp³-hybridized carbons (Fsp3) is 0.182. The molecule has 4 aromatic rings. The van der Waals surface area contributed by atoms with Gasteiger partial charge in [-0.25, -0.2) is 14.3 Å². The van der Waals surface area contributed by atoms with Gasteiger partial charge in [-0.3, -0.25) is 15.0 Å². The molecular weight excluding hydrogens is 366 g/mol. The summed E-state index contributed by atoms with van der Waals surface area (Å²) in [7, 11) is 0. The van der Waals surface area contributed by atoms with E-state index in [-0.39, 0.29) is 17.4 Å². The molecule has 0 aliphatic heterocycles. The van der Waals surface area contributed by atoms with E-state index in [9.17, 15) is 9.59 Å². The lowest BCUT2D eigenvalue weighted by molar-refractivity contribution is -0.118. The summed E-state index contributed by atoms with van der Waals surface area (Å²) in [4.78, 5) is 30.0. The highest BCUT2D eigenvalue weighted by molar-refractivity contribution is 5.90. The summed E-state index contributed by atoms with van der Waals surface area (Å²) in [5, 5.41) is 4.64. The van der Waals surface area contributed by atoms with E-state index in [0.29, 0.717) is 17.5 Å². The van der Waals surface area contributed by atoms with Crippen molar-refractivity contribution in [3.63, 3.8) is 0 Å². The van der Waals surface area contributed by atoms with Gasteiger partial charge in [0.2, 0.25) is 5.91 Å². The molecule has 7 heteroatoms. The van der Waals surface area contributed by atoms with Crippen LogP contribution < -0.4 is 11.0 Å². The van der Waals surface area contributed by atoms with Gasteiger partial charge in [-0.1, -0.05) is 55.0 Å². The molecule has 0 saturated heterocycles. The number of carbonyl (C=O) groups excluding carboxylic acids is 1. The molecule has 0 bridgehead atoms. The molecule has 0 aliphatic rings. The second-order valence-corrected chi connectivity index (χ2v) is 6.90. The van der Waals surface area contributed by atoms with Crippen molar-refractivity contribution < 1.29 is 4.79 Å². The molecule has 1 amide bonds. The molecule has 7 nitrogen and oxygen atoms in total. The zero-order valence-electron chi connectivity index (χ0n) is 16.2. The Morgan fingerprint density at radius 1 is 1.10 bits per heavy atom. The maximum Gasteiger partial charge on any atom is 0.283 e. The van der Waals surface area contributed by atoms with E-state index in [4.69, 9.17) is 0 Å². The lowest BCUT2D eigenvalue weighted by Crippen LogP contribution is -2.35. The molecule has 0 fully saturated rings. The summed E-state index contributed by atoms with van der Waals surface area (Å²) >= 11 is 0. The standard InChI is InChI=1S/C22H21N5O2/c1-3-18(16-7-5-4-6-8-16)21(28)25-26-14-23-20-19(22(26)29)13-24-27(20)17-11-9-15(2)10-12-17/h4-14,18H,3H2,1-2H3,(H,25,28)/t18-/m0/s1. The predicted molar refractivity (Wildman–Crippen MR) is 112 cm³/mol. The van der Waals surface area contributed by atoms with Crippen LogP contribution in [-0.2, 0) is 4.79 Å². The molecule has 0 aliphatic carbocycles. The van der Waals surface area contributed by atoms with Gasteiger partial charge in [-0.05, 0) is 31.0 Å². The van der Waals surface area contributed by atoms with Crippen LogP contribution in [0.3, 0.4) is 0 Å². The van der Waals surface area contributed by atoms with Crippen LogP contribution in [0.2, 0.25) is 0 Å². The topological polar surface area (TPSA) is 81.8 Å². The van der Waals surface area contributed by atoms with Crippen molar-refractivity contribution in [3.05, 3.63) is 88.6 Å². The van der Waals surface area contributed by atoms with Crippen molar-refractivity contribution in [1.29, 1.82) is 0 Å². The van der Waals surface area contributed by atoms with Crippen molar-refractivity contribution in [3.8, 4) is 5.69 Å². The number of carbonyl (C=O) groups is 1. The second-order valence-electron chi connectivity index (χ2n) is 6.90. The smallest absolute Gasteiger partial charge is 0.273 e. The molecule has 2 aromatic carbocycles. The highest BCUT2D eigenvalue weighted by Crippen LogP contribution is 2.19. The highest BCUT2D eigenvalue weighted by Gasteiger charge is 2.20. The number of nitrogens with one attached hydrogen (secondary N) is 1. The molecule has 1 atom stereocenters. The quantitative estimate of drug-likeness (QED) is 0.570. The fourth-order valence-corrected chi connectivity index (χ4v) is 3.32. The SMILES string of the molecule is CC[C@H](C(=O)Nn1cnc2c(cnn2-c2ccc(C)cc2)c1=O)c1ccccc1. The van der Waals surface area contributed by atoms with Gasteiger partial charge in [-0.15, -0.1) is 0 Å². The Morgan fingerprint density at radius 3 is 2.52 bits per heavy atom. The molecule has 29 heavy (non-hydrogen) atoms. The minimum atomic E-state index is -0.371. The summed E-state index contributed by atoms with van der Waals surface area (Å²) in [5.41, 5.74) is 5.60. The van der Waals surface area contributed by atoms with Crippen molar-refractivity contribution in [2.45, 2.75) is 26.2 Å². The van der Waals surface area contributed by atoms with Gasteiger partial charge in [0.05, 0.1) is 17.8 Å². The Bertz CT molecular complexity index is 1210. The first-order valence-electron chi connectivity index (χ1n) is 9.46. The predicted octanol–water partition coefficient (Wildman–Crippen LogP) is 3.15. The molecule has 2 aromatic heterocycles. The fourth-order valence-electron chi connectivity index (χ4n) is 3.32. The number of benzene rings is 2. The van der Waals surface area contributed by atoms with Gasteiger partial charge in [0.1, 0.15) is 11.7 Å². The van der Waals surface area contributed by atoms with Gasteiger partial charge in [-0.2, -0.15) is 5.10 Å². The first-order valence-corrected chi connectivity index (χ1v) is 9.46. The van der Waals surface area contributed by atoms with Crippen LogP contribution in [0.4, 0.5) is 0 Å². The van der Waals surface area contributed by atoms with Crippen molar-refractivity contribution in [1.82, 2.24) is 19.4 Å². The molecule has 1 N–H and O–H groups in total. The first kappa shape index (κ1) is 18.6. The van der Waals surface area contributed by atoms with Gasteiger partial charge in [0.25, 0.3) is 5.56 Å². The normalized spacial score (nSPS) is 12.1. The summed E-state index contributed by atoms with van der Waals surface area (Å²) < 4.78 is 2.73. The van der Waals surface area contributed by atoms with Crippen LogP contribution >= 0.6 is 0 Å². The van der Waals surface area contributed by atoms with Crippen LogP contribution in [0.1, 0.15) is 30.4 Å². The third-order valence-electron chi connectivity index (χ3n) is 4.92. The number of hydrogen-bond acceptors (Lipinski definition) is 4. The Kier molecular flexibility index (Phi) is 4.95. The maximum absolute atomic E-state index is 12.9. The van der Waals surface area contributed by atoms with Gasteiger partial charge < -0.3 is 0 Å². The number of aryl methyl sites for hydroxylation is 1. The monoisotopic (exact) mass is 387 g/mol. The van der Waals surface area contributed by atoms with Crippen LogP contribution in [-0.4, -0.2) is 25.3 Å². The van der Waals surface area contributed by atoms with E-state index in [1.165, 1.54) is 12.5 Å². The van der Waals surface area contributed by atoms with E-state index >= 15 is 0 Å². The van der Waals surface area contributed by atoms with E-state index in [1.54, 1.807) is 4.68 Å². The minimum absolute atomic E-state index is 0.257. The largest absolute Gasteiger partial charge is 0.283 e. The lowest BCUT2D eigenvalue weighted by atomic mass is 9.96. The highest BCUT2D eigenvalue weighted by atomic mass is 16.2.